The van der Waals surface area contributed by atoms with Gasteiger partial charge in [-0.15, -0.1) is 0 Å². The third-order valence-electron chi connectivity index (χ3n) is 5.47. The van der Waals surface area contributed by atoms with E-state index < -0.39 is 48.7 Å². The molecule has 0 aromatic heterocycles. The van der Waals surface area contributed by atoms with Crippen molar-refractivity contribution < 1.29 is 33.8 Å². The van der Waals surface area contributed by atoms with Crippen molar-refractivity contribution in [3.63, 3.8) is 0 Å². The summed E-state index contributed by atoms with van der Waals surface area (Å²) in [6.07, 6.45) is -0.415. The van der Waals surface area contributed by atoms with Crippen molar-refractivity contribution in [2.75, 3.05) is 59.2 Å². The van der Waals surface area contributed by atoms with Crippen LogP contribution in [0.25, 0.3) is 0 Å². The lowest BCUT2D eigenvalue weighted by Gasteiger charge is -2.27. The Bertz CT molecular complexity index is 875. The minimum atomic E-state index is -1.20. The molecule has 2 atom stereocenters. The van der Waals surface area contributed by atoms with Crippen LogP contribution in [-0.2, 0) is 19.1 Å². The van der Waals surface area contributed by atoms with Crippen LogP contribution < -0.4 is 26.0 Å². The standard InChI is InChI=1S/C22H31N5O7/c28-14-17-22(32)24-6-10-34-18-4-2-1-3-15(18)20(30)26-16(13-19(29)25-17)21(31)23-5-7-27-8-11-33-12-9-27/h1-4,16-17,28H,5-14H2,(H,23,31)(H,24,32)(H,25,29)(H,26,30)/t16-,17-/m0/s1. The van der Waals surface area contributed by atoms with Crippen LogP contribution in [0.15, 0.2) is 24.3 Å². The normalized spacial score (nSPS) is 22.8. The van der Waals surface area contributed by atoms with Gasteiger partial charge in [-0.1, -0.05) is 12.1 Å². The fraction of sp³-hybridized carbons (Fsp3) is 0.545. The number of amides is 4. The van der Waals surface area contributed by atoms with Crippen LogP contribution in [0.1, 0.15) is 16.8 Å². The first-order valence-corrected chi connectivity index (χ1v) is 11.3. The third-order valence-corrected chi connectivity index (χ3v) is 5.47. The van der Waals surface area contributed by atoms with E-state index in [-0.39, 0.29) is 24.5 Å². The number of rotatable bonds is 5. The second-order valence-corrected chi connectivity index (χ2v) is 7.91. The van der Waals surface area contributed by atoms with Crippen LogP contribution in [0, 0.1) is 0 Å². The van der Waals surface area contributed by atoms with Crippen molar-refractivity contribution in [1.29, 1.82) is 0 Å². The molecular formula is C22H31N5O7. The molecule has 2 heterocycles. The largest absolute Gasteiger partial charge is 0.491 e. The molecule has 34 heavy (non-hydrogen) atoms. The predicted octanol–water partition coefficient (Wildman–Crippen LogP) is -2.39. The number of aliphatic hydroxyl groups is 1. The van der Waals surface area contributed by atoms with Gasteiger partial charge in [0, 0.05) is 26.2 Å². The summed E-state index contributed by atoms with van der Waals surface area (Å²) < 4.78 is 10.9. The van der Waals surface area contributed by atoms with Crippen molar-refractivity contribution in [3.05, 3.63) is 29.8 Å². The maximum absolute atomic E-state index is 13.0. The van der Waals surface area contributed by atoms with Crippen LogP contribution in [0.2, 0.25) is 0 Å². The number of aliphatic hydroxyl groups excluding tert-OH is 1. The van der Waals surface area contributed by atoms with Gasteiger partial charge in [-0.2, -0.15) is 0 Å². The molecule has 1 aromatic carbocycles. The molecule has 4 amide bonds. The Labute approximate surface area is 197 Å². The number of benzene rings is 1. The molecule has 0 spiro atoms. The summed E-state index contributed by atoms with van der Waals surface area (Å²) in [4.78, 5) is 52.8. The molecule has 186 valence electrons. The van der Waals surface area contributed by atoms with E-state index in [2.05, 4.69) is 26.2 Å². The van der Waals surface area contributed by atoms with E-state index in [9.17, 15) is 24.3 Å². The highest BCUT2D eigenvalue weighted by Crippen LogP contribution is 2.18. The van der Waals surface area contributed by atoms with Gasteiger partial charge in [0.2, 0.25) is 17.7 Å². The van der Waals surface area contributed by atoms with E-state index in [1.165, 1.54) is 0 Å². The molecule has 12 nitrogen and oxygen atoms in total. The quantitative estimate of drug-likeness (QED) is 0.314. The van der Waals surface area contributed by atoms with E-state index in [0.29, 0.717) is 26.3 Å². The first kappa shape index (κ1) is 25.4. The number of nitrogens with zero attached hydrogens (tertiary/aromatic N) is 1. The van der Waals surface area contributed by atoms with Crippen molar-refractivity contribution in [3.8, 4) is 5.75 Å². The number of carbonyl (C=O) groups excluding carboxylic acids is 4. The van der Waals surface area contributed by atoms with Crippen LogP contribution in [0.5, 0.6) is 5.75 Å². The molecule has 1 aromatic rings. The number of hydrogen-bond donors (Lipinski definition) is 5. The Morgan fingerprint density at radius 2 is 1.88 bits per heavy atom. The summed E-state index contributed by atoms with van der Waals surface area (Å²) in [5.74, 6) is -2.07. The summed E-state index contributed by atoms with van der Waals surface area (Å²) in [6.45, 7) is 3.27. The molecule has 0 bridgehead atoms. The van der Waals surface area contributed by atoms with Gasteiger partial charge < -0.3 is 35.8 Å². The molecule has 1 saturated heterocycles. The van der Waals surface area contributed by atoms with Gasteiger partial charge in [0.1, 0.15) is 24.4 Å². The molecule has 2 aliphatic heterocycles. The van der Waals surface area contributed by atoms with Gasteiger partial charge in [-0.25, -0.2) is 0 Å². The van der Waals surface area contributed by atoms with E-state index in [0.717, 1.165) is 13.1 Å². The lowest BCUT2D eigenvalue weighted by Crippen LogP contribution is -2.54. The van der Waals surface area contributed by atoms with Crippen LogP contribution in [-0.4, -0.2) is 105 Å². The third kappa shape index (κ3) is 7.40. The van der Waals surface area contributed by atoms with Crippen molar-refractivity contribution in [2.24, 2.45) is 0 Å². The summed E-state index contributed by atoms with van der Waals surface area (Å²) >= 11 is 0. The molecule has 12 heteroatoms. The highest BCUT2D eigenvalue weighted by molar-refractivity contribution is 6.01. The van der Waals surface area contributed by atoms with Crippen molar-refractivity contribution in [1.82, 2.24) is 26.2 Å². The molecule has 2 aliphatic rings. The van der Waals surface area contributed by atoms with E-state index in [1.807, 2.05) is 0 Å². The number of ether oxygens (including phenoxy) is 2. The Morgan fingerprint density at radius 1 is 1.12 bits per heavy atom. The second-order valence-electron chi connectivity index (χ2n) is 7.91. The average Bonchev–Trinajstić information content (AvgIpc) is 2.85. The molecule has 0 aliphatic carbocycles. The number of carbonyl (C=O) groups is 4. The molecule has 0 unspecified atom stereocenters. The SMILES string of the molecule is O=C1C[C@@H](C(=O)NCCN2CCOCC2)NC(=O)c2ccccc2OCCNC(=O)[C@H](CO)N1. The van der Waals surface area contributed by atoms with E-state index in [4.69, 9.17) is 9.47 Å². The molecular weight excluding hydrogens is 446 g/mol. The number of fused-ring (bicyclic) bond motifs is 1. The smallest absolute Gasteiger partial charge is 0.255 e. The Balaban J connectivity index is 1.73. The lowest BCUT2D eigenvalue weighted by atomic mass is 10.1. The Morgan fingerprint density at radius 3 is 2.65 bits per heavy atom. The van der Waals surface area contributed by atoms with Crippen molar-refractivity contribution >= 4 is 23.6 Å². The summed E-state index contributed by atoms with van der Waals surface area (Å²) in [5, 5.41) is 19.8. The zero-order chi connectivity index (χ0) is 24.3. The number of para-hydroxylation sites is 1. The zero-order valence-corrected chi connectivity index (χ0v) is 18.9. The number of nitrogens with one attached hydrogen (secondary N) is 4. The first-order chi connectivity index (χ1) is 16.5. The highest BCUT2D eigenvalue weighted by Gasteiger charge is 2.28. The molecule has 5 N–H and O–H groups in total. The van der Waals surface area contributed by atoms with Gasteiger partial charge >= 0.3 is 0 Å². The maximum atomic E-state index is 13.0. The van der Waals surface area contributed by atoms with Gasteiger partial charge in [0.05, 0.1) is 38.3 Å². The first-order valence-electron chi connectivity index (χ1n) is 11.3. The van der Waals surface area contributed by atoms with Crippen LogP contribution in [0.4, 0.5) is 0 Å². The number of hydrogen-bond acceptors (Lipinski definition) is 8. The summed E-state index contributed by atoms with van der Waals surface area (Å²) in [6, 6.07) is 4.11. The van der Waals surface area contributed by atoms with Gasteiger partial charge in [0.15, 0.2) is 0 Å². The van der Waals surface area contributed by atoms with Gasteiger partial charge in [0.25, 0.3) is 5.91 Å². The Hall–Kier alpha value is -3.22. The fourth-order valence-corrected chi connectivity index (χ4v) is 3.60. The maximum Gasteiger partial charge on any atom is 0.255 e. The number of morpholine rings is 1. The molecule has 1 fully saturated rings. The zero-order valence-electron chi connectivity index (χ0n) is 18.9. The van der Waals surface area contributed by atoms with Crippen LogP contribution in [0.3, 0.4) is 0 Å². The molecule has 0 saturated carbocycles. The molecule has 0 radical (unpaired) electrons. The Kier molecular flexibility index (Phi) is 9.62. The average molecular weight is 478 g/mol. The summed E-state index contributed by atoms with van der Waals surface area (Å²) in [7, 11) is 0. The van der Waals surface area contributed by atoms with Gasteiger partial charge in [-0.05, 0) is 12.1 Å². The second kappa shape index (κ2) is 12.9. The lowest BCUT2D eigenvalue weighted by molar-refractivity contribution is -0.131. The fourth-order valence-electron chi connectivity index (χ4n) is 3.60. The molecule has 3 rings (SSSR count). The predicted molar refractivity (Wildman–Crippen MR) is 120 cm³/mol. The summed E-state index contributed by atoms with van der Waals surface area (Å²) in [5.41, 5.74) is 0.200. The van der Waals surface area contributed by atoms with E-state index >= 15 is 0 Å². The minimum Gasteiger partial charge on any atom is -0.491 e. The topological polar surface area (TPSA) is 158 Å². The van der Waals surface area contributed by atoms with E-state index in [1.54, 1.807) is 24.3 Å². The highest BCUT2D eigenvalue weighted by atomic mass is 16.5. The monoisotopic (exact) mass is 477 g/mol. The minimum absolute atomic E-state index is 0.0631. The van der Waals surface area contributed by atoms with Crippen molar-refractivity contribution in [2.45, 2.75) is 18.5 Å². The van der Waals surface area contributed by atoms with Crippen LogP contribution >= 0.6 is 0 Å². The van der Waals surface area contributed by atoms with Gasteiger partial charge in [-0.3, -0.25) is 24.1 Å².